The van der Waals surface area contributed by atoms with E-state index in [0.717, 1.165) is 12.8 Å². The molecule has 4 aromatic rings. The van der Waals surface area contributed by atoms with Gasteiger partial charge in [-0.15, -0.1) is 0 Å². The summed E-state index contributed by atoms with van der Waals surface area (Å²) < 4.78 is 9.61. The summed E-state index contributed by atoms with van der Waals surface area (Å²) in [7, 11) is 0. The molecule has 0 spiro atoms. The summed E-state index contributed by atoms with van der Waals surface area (Å²) in [6.07, 6.45) is 5.01. The van der Waals surface area contributed by atoms with Crippen LogP contribution in [0.3, 0.4) is 0 Å². The smallest absolute Gasteiger partial charge is 0.333 e. The van der Waals surface area contributed by atoms with Crippen LogP contribution in [0.1, 0.15) is 32.7 Å². The minimum Gasteiger partial charge on any atom is -0.488 e. The summed E-state index contributed by atoms with van der Waals surface area (Å²) in [5.41, 5.74) is 1.11. The Morgan fingerprint density at radius 3 is 2.86 bits per heavy atom. The van der Waals surface area contributed by atoms with Crippen molar-refractivity contribution in [1.82, 2.24) is 24.1 Å². The first kappa shape index (κ1) is 16.7. The number of nitrogens with one attached hydrogen (secondary N) is 1. The van der Waals surface area contributed by atoms with Crippen LogP contribution in [0.5, 0.6) is 5.75 Å². The molecule has 5 rings (SSSR count). The molecule has 0 aliphatic carbocycles. The Morgan fingerprint density at radius 2 is 2.00 bits per heavy atom. The monoisotopic (exact) mass is 377 g/mol. The molecule has 1 aliphatic heterocycles. The van der Waals surface area contributed by atoms with Gasteiger partial charge in [0.1, 0.15) is 22.7 Å². The Balaban J connectivity index is 1.91. The molecule has 2 unspecified atom stereocenters. The summed E-state index contributed by atoms with van der Waals surface area (Å²) >= 11 is 0. The van der Waals surface area contributed by atoms with Crippen molar-refractivity contribution in [2.45, 2.75) is 38.8 Å². The molecule has 8 heteroatoms. The van der Waals surface area contributed by atoms with E-state index < -0.39 is 0 Å². The van der Waals surface area contributed by atoms with Crippen LogP contribution in [0.4, 0.5) is 0 Å². The van der Waals surface area contributed by atoms with Crippen molar-refractivity contribution >= 4 is 22.2 Å². The van der Waals surface area contributed by atoms with E-state index in [2.05, 4.69) is 16.9 Å². The number of fused-ring (bicyclic) bond motifs is 2. The quantitative estimate of drug-likeness (QED) is 0.508. The van der Waals surface area contributed by atoms with Crippen LogP contribution in [-0.4, -0.2) is 30.2 Å². The van der Waals surface area contributed by atoms with Crippen molar-refractivity contribution in [3.63, 3.8) is 0 Å². The average molecular weight is 377 g/mol. The van der Waals surface area contributed by atoms with Crippen LogP contribution < -0.4 is 15.9 Å². The highest BCUT2D eigenvalue weighted by Crippen LogP contribution is 2.28. The zero-order chi connectivity index (χ0) is 19.4. The van der Waals surface area contributed by atoms with Crippen molar-refractivity contribution in [2.24, 2.45) is 0 Å². The van der Waals surface area contributed by atoms with Crippen LogP contribution in [-0.2, 0) is 0 Å². The van der Waals surface area contributed by atoms with E-state index in [-0.39, 0.29) is 23.3 Å². The predicted molar refractivity (Wildman–Crippen MR) is 105 cm³/mol. The second-order valence-corrected chi connectivity index (χ2v) is 7.25. The molecule has 28 heavy (non-hydrogen) atoms. The van der Waals surface area contributed by atoms with Crippen LogP contribution in [0, 0.1) is 0 Å². The van der Waals surface area contributed by atoms with Gasteiger partial charge in [-0.2, -0.15) is 0 Å². The predicted octanol–water partition coefficient (Wildman–Crippen LogP) is 2.55. The second-order valence-electron chi connectivity index (χ2n) is 7.25. The van der Waals surface area contributed by atoms with E-state index in [1.54, 1.807) is 36.7 Å². The number of pyridine rings is 3. The Labute approximate surface area is 159 Å². The number of H-pyrrole nitrogens is 1. The summed E-state index contributed by atoms with van der Waals surface area (Å²) in [6.45, 7) is 4.10. The SMILES string of the molecule is CC1CCC(C)n2ccc(=O)c3ccc(nc32)-n2c(=O)[nH]c3nccc(c32)O1. The molecule has 0 saturated heterocycles. The highest BCUT2D eigenvalue weighted by molar-refractivity contribution is 5.81. The van der Waals surface area contributed by atoms with E-state index in [9.17, 15) is 9.59 Å². The molecule has 0 radical (unpaired) electrons. The standard InChI is InChI=1S/C20H19N5O3/c1-11-3-4-12(2)28-15-7-9-21-18-17(15)25(20(27)23-18)16-6-5-13-14(26)8-10-24(11)19(13)22-16/h5-12H,3-4H2,1-2H3,(H,21,23,27). The highest BCUT2D eigenvalue weighted by atomic mass is 16.5. The topological polar surface area (TPSA) is 94.8 Å². The van der Waals surface area contributed by atoms with E-state index in [4.69, 9.17) is 9.72 Å². The van der Waals surface area contributed by atoms with Crippen molar-refractivity contribution < 1.29 is 4.74 Å². The summed E-state index contributed by atoms with van der Waals surface area (Å²) in [4.78, 5) is 36.8. The minimum absolute atomic E-state index is 0.0490. The molecular formula is C20H19N5O3. The summed E-state index contributed by atoms with van der Waals surface area (Å²) in [5.74, 6) is 0.998. The van der Waals surface area contributed by atoms with E-state index in [1.165, 1.54) is 4.57 Å². The number of aromatic nitrogens is 5. The first-order valence-electron chi connectivity index (χ1n) is 9.31. The van der Waals surface area contributed by atoms with Crippen molar-refractivity contribution in [3.8, 4) is 11.6 Å². The number of imidazole rings is 1. The molecule has 1 aliphatic rings. The fourth-order valence-corrected chi connectivity index (χ4v) is 3.82. The summed E-state index contributed by atoms with van der Waals surface area (Å²) in [6, 6.07) is 6.84. The molecule has 0 fully saturated rings. The van der Waals surface area contributed by atoms with Crippen LogP contribution in [0.2, 0.25) is 0 Å². The normalized spacial score (nSPS) is 19.4. The lowest BCUT2D eigenvalue weighted by Gasteiger charge is -2.22. The van der Waals surface area contributed by atoms with Gasteiger partial charge in [0.2, 0.25) is 0 Å². The van der Waals surface area contributed by atoms with Gasteiger partial charge < -0.3 is 9.30 Å². The molecule has 2 bridgehead atoms. The number of aromatic amines is 1. The first-order valence-corrected chi connectivity index (χ1v) is 9.31. The van der Waals surface area contributed by atoms with Gasteiger partial charge in [-0.3, -0.25) is 9.78 Å². The molecular weight excluding hydrogens is 358 g/mol. The molecule has 1 N–H and O–H groups in total. The third-order valence-electron chi connectivity index (χ3n) is 5.32. The molecule has 8 nitrogen and oxygen atoms in total. The molecule has 142 valence electrons. The Bertz CT molecular complexity index is 1330. The molecule has 5 heterocycles. The van der Waals surface area contributed by atoms with Crippen molar-refractivity contribution in [1.29, 1.82) is 0 Å². The second kappa shape index (κ2) is 6.05. The Morgan fingerprint density at radius 1 is 1.14 bits per heavy atom. The maximum Gasteiger partial charge on any atom is 0.333 e. The maximum atomic E-state index is 12.7. The lowest BCUT2D eigenvalue weighted by atomic mass is 10.1. The minimum atomic E-state index is -0.354. The Hall–Kier alpha value is -3.42. The van der Waals surface area contributed by atoms with Gasteiger partial charge in [-0.05, 0) is 38.8 Å². The van der Waals surface area contributed by atoms with Crippen LogP contribution >= 0.6 is 0 Å². The number of nitrogens with zero attached hydrogens (tertiary/aromatic N) is 4. The molecule has 0 amide bonds. The van der Waals surface area contributed by atoms with Gasteiger partial charge in [-0.25, -0.2) is 19.3 Å². The number of ether oxygens (including phenoxy) is 1. The fourth-order valence-electron chi connectivity index (χ4n) is 3.82. The van der Waals surface area contributed by atoms with E-state index in [0.29, 0.717) is 33.8 Å². The van der Waals surface area contributed by atoms with E-state index in [1.807, 2.05) is 11.5 Å². The first-order chi connectivity index (χ1) is 13.5. The van der Waals surface area contributed by atoms with Gasteiger partial charge in [-0.1, -0.05) is 0 Å². The number of hydrogen-bond donors (Lipinski definition) is 1. The zero-order valence-electron chi connectivity index (χ0n) is 15.5. The largest absolute Gasteiger partial charge is 0.488 e. The fraction of sp³-hybridized carbons (Fsp3) is 0.300. The summed E-state index contributed by atoms with van der Waals surface area (Å²) in [5, 5.41) is 0.533. The van der Waals surface area contributed by atoms with Gasteiger partial charge >= 0.3 is 5.69 Å². The van der Waals surface area contributed by atoms with Gasteiger partial charge in [0.15, 0.2) is 11.1 Å². The van der Waals surface area contributed by atoms with Gasteiger partial charge in [0.05, 0.1) is 11.5 Å². The lowest BCUT2D eigenvalue weighted by molar-refractivity contribution is 0.202. The number of rotatable bonds is 0. The molecule has 0 aromatic carbocycles. The Kier molecular flexibility index (Phi) is 3.61. The number of hydrogen-bond acceptors (Lipinski definition) is 5. The van der Waals surface area contributed by atoms with Crippen molar-refractivity contribution in [3.05, 3.63) is 57.4 Å². The maximum absolute atomic E-state index is 12.7. The zero-order valence-corrected chi connectivity index (χ0v) is 15.5. The third kappa shape index (κ3) is 2.45. The molecule has 0 saturated carbocycles. The van der Waals surface area contributed by atoms with E-state index >= 15 is 0 Å². The van der Waals surface area contributed by atoms with Crippen LogP contribution in [0.15, 0.2) is 46.2 Å². The van der Waals surface area contributed by atoms with Gasteiger partial charge in [0.25, 0.3) is 0 Å². The highest BCUT2D eigenvalue weighted by Gasteiger charge is 2.20. The molecule has 2 atom stereocenters. The lowest BCUT2D eigenvalue weighted by Crippen LogP contribution is -2.21. The molecule has 4 aromatic heterocycles. The third-order valence-corrected chi connectivity index (χ3v) is 5.32. The van der Waals surface area contributed by atoms with Crippen LogP contribution in [0.25, 0.3) is 28.0 Å². The van der Waals surface area contributed by atoms with Gasteiger partial charge in [0, 0.05) is 30.6 Å². The average Bonchev–Trinajstić information content (AvgIpc) is 3.02. The van der Waals surface area contributed by atoms with Crippen molar-refractivity contribution in [2.75, 3.05) is 0 Å².